The van der Waals surface area contributed by atoms with Crippen molar-refractivity contribution < 1.29 is 9.84 Å². The van der Waals surface area contributed by atoms with Crippen molar-refractivity contribution in [3.8, 4) is 5.88 Å². The van der Waals surface area contributed by atoms with Crippen LogP contribution in [0.3, 0.4) is 0 Å². The maximum Gasteiger partial charge on any atom is 0.245 e. The van der Waals surface area contributed by atoms with Gasteiger partial charge < -0.3 is 15.2 Å². The van der Waals surface area contributed by atoms with E-state index in [1.54, 1.807) is 17.1 Å². The van der Waals surface area contributed by atoms with Gasteiger partial charge in [0.25, 0.3) is 0 Å². The molecule has 0 bridgehead atoms. The van der Waals surface area contributed by atoms with Gasteiger partial charge in [0.1, 0.15) is 18.9 Å². The Bertz CT molecular complexity index is 420. The molecule has 0 radical (unpaired) electrons. The highest BCUT2D eigenvalue weighted by Crippen LogP contribution is 2.04. The quantitative estimate of drug-likeness (QED) is 0.603. The predicted octanol–water partition coefficient (Wildman–Crippen LogP) is -0.841. The minimum atomic E-state index is -0.581. The van der Waals surface area contributed by atoms with Gasteiger partial charge in [-0.25, -0.2) is 0 Å². The Morgan fingerprint density at radius 3 is 3.22 bits per heavy atom. The summed E-state index contributed by atoms with van der Waals surface area (Å²) in [5.41, 5.74) is 0. The molecule has 0 aromatic carbocycles. The predicted molar refractivity (Wildman–Crippen MR) is 64.3 cm³/mol. The summed E-state index contributed by atoms with van der Waals surface area (Å²) >= 11 is 1.07. The molecule has 0 spiro atoms. The van der Waals surface area contributed by atoms with Crippen molar-refractivity contribution in [1.82, 2.24) is 29.1 Å². The molecule has 2 aromatic heterocycles. The van der Waals surface area contributed by atoms with Crippen LogP contribution in [0.5, 0.6) is 5.88 Å². The van der Waals surface area contributed by atoms with Crippen LogP contribution in [-0.4, -0.2) is 54.6 Å². The van der Waals surface area contributed by atoms with E-state index in [1.165, 1.54) is 6.20 Å². The number of hydrogen-bond donors (Lipinski definition) is 2. The Hall–Kier alpha value is -1.58. The minimum absolute atomic E-state index is 0.196. The van der Waals surface area contributed by atoms with E-state index in [9.17, 15) is 5.11 Å². The molecule has 18 heavy (non-hydrogen) atoms. The van der Waals surface area contributed by atoms with Crippen LogP contribution in [-0.2, 0) is 6.54 Å². The first-order valence-corrected chi connectivity index (χ1v) is 6.21. The normalized spacial score (nSPS) is 12.5. The van der Waals surface area contributed by atoms with Gasteiger partial charge in [-0.3, -0.25) is 4.68 Å². The number of aliphatic hydroxyl groups is 1. The maximum atomic E-state index is 9.64. The van der Waals surface area contributed by atoms with E-state index in [-0.39, 0.29) is 6.61 Å². The SMILES string of the molecule is OC(CNCCn1ccnn1)COc1cnsn1. The van der Waals surface area contributed by atoms with E-state index in [0.29, 0.717) is 25.5 Å². The van der Waals surface area contributed by atoms with Crippen LogP contribution in [0.1, 0.15) is 0 Å². The molecule has 0 aliphatic rings. The molecule has 2 rings (SSSR count). The zero-order valence-electron chi connectivity index (χ0n) is 9.64. The van der Waals surface area contributed by atoms with Gasteiger partial charge in [0.2, 0.25) is 5.88 Å². The zero-order chi connectivity index (χ0) is 12.6. The molecule has 0 saturated heterocycles. The molecule has 2 heterocycles. The Labute approximate surface area is 108 Å². The Kier molecular flexibility index (Phi) is 5.00. The van der Waals surface area contributed by atoms with Gasteiger partial charge in [-0.2, -0.15) is 4.37 Å². The van der Waals surface area contributed by atoms with Gasteiger partial charge in [0, 0.05) is 19.3 Å². The molecule has 0 aliphatic heterocycles. The van der Waals surface area contributed by atoms with Gasteiger partial charge in [-0.05, 0) is 0 Å². The number of aromatic nitrogens is 5. The molecule has 8 nitrogen and oxygen atoms in total. The maximum absolute atomic E-state index is 9.64. The Morgan fingerprint density at radius 1 is 1.56 bits per heavy atom. The highest BCUT2D eigenvalue weighted by atomic mass is 32.1. The highest BCUT2D eigenvalue weighted by molar-refractivity contribution is 6.99. The molecular weight excluding hydrogens is 256 g/mol. The molecule has 0 fully saturated rings. The largest absolute Gasteiger partial charge is 0.473 e. The first-order chi connectivity index (χ1) is 8.84. The van der Waals surface area contributed by atoms with Gasteiger partial charge in [0.15, 0.2) is 0 Å². The lowest BCUT2D eigenvalue weighted by Crippen LogP contribution is -2.33. The average Bonchev–Trinajstić information content (AvgIpc) is 3.04. The number of ether oxygens (including phenoxy) is 1. The summed E-state index contributed by atoms with van der Waals surface area (Å²) in [7, 11) is 0. The van der Waals surface area contributed by atoms with Crippen LogP contribution in [0.25, 0.3) is 0 Å². The van der Waals surface area contributed by atoms with Crippen molar-refractivity contribution in [1.29, 1.82) is 0 Å². The first kappa shape index (κ1) is 12.9. The fraction of sp³-hybridized carbons (Fsp3) is 0.556. The fourth-order valence-corrected chi connectivity index (χ4v) is 1.64. The van der Waals surface area contributed by atoms with E-state index in [1.807, 2.05) is 0 Å². The third-order valence-electron chi connectivity index (χ3n) is 2.13. The minimum Gasteiger partial charge on any atom is -0.473 e. The van der Waals surface area contributed by atoms with Gasteiger partial charge in [-0.1, -0.05) is 5.21 Å². The van der Waals surface area contributed by atoms with E-state index in [4.69, 9.17) is 4.74 Å². The molecule has 9 heteroatoms. The summed E-state index contributed by atoms with van der Waals surface area (Å²) in [6.07, 6.45) is 4.36. The van der Waals surface area contributed by atoms with E-state index >= 15 is 0 Å². The molecule has 2 N–H and O–H groups in total. The van der Waals surface area contributed by atoms with Crippen molar-refractivity contribution >= 4 is 11.7 Å². The summed E-state index contributed by atoms with van der Waals surface area (Å²) < 4.78 is 14.6. The number of rotatable bonds is 8. The second-order valence-corrected chi connectivity index (χ2v) is 4.14. The van der Waals surface area contributed by atoms with Crippen molar-refractivity contribution in [3.05, 3.63) is 18.6 Å². The molecule has 2 aromatic rings. The summed E-state index contributed by atoms with van der Waals surface area (Å²) in [5.74, 6) is 0.446. The van der Waals surface area contributed by atoms with Crippen molar-refractivity contribution in [2.75, 3.05) is 19.7 Å². The third kappa shape index (κ3) is 4.35. The molecule has 1 unspecified atom stereocenters. The lowest BCUT2D eigenvalue weighted by Gasteiger charge is -2.11. The van der Waals surface area contributed by atoms with Crippen LogP contribution in [0.2, 0.25) is 0 Å². The van der Waals surface area contributed by atoms with Crippen molar-refractivity contribution in [3.63, 3.8) is 0 Å². The van der Waals surface area contributed by atoms with Crippen LogP contribution in [0.15, 0.2) is 18.6 Å². The number of nitrogens with zero attached hydrogens (tertiary/aromatic N) is 5. The second kappa shape index (κ2) is 6.99. The molecule has 0 saturated carbocycles. The van der Waals surface area contributed by atoms with Crippen molar-refractivity contribution in [2.45, 2.75) is 12.6 Å². The molecular formula is C9H14N6O2S. The highest BCUT2D eigenvalue weighted by Gasteiger charge is 2.05. The van der Waals surface area contributed by atoms with Crippen molar-refractivity contribution in [2.24, 2.45) is 0 Å². The standard InChI is InChI=1S/C9H14N6O2S/c16-8(7-17-9-6-12-18-13-9)5-10-1-3-15-4-2-11-14-15/h2,4,6,8,10,16H,1,3,5,7H2. The Morgan fingerprint density at radius 2 is 2.50 bits per heavy atom. The van der Waals surface area contributed by atoms with Crippen LogP contribution in [0, 0.1) is 0 Å². The molecule has 98 valence electrons. The van der Waals surface area contributed by atoms with E-state index in [2.05, 4.69) is 24.4 Å². The smallest absolute Gasteiger partial charge is 0.245 e. The number of hydrogen-bond acceptors (Lipinski definition) is 8. The van der Waals surface area contributed by atoms with Gasteiger partial charge >= 0.3 is 0 Å². The lowest BCUT2D eigenvalue weighted by atomic mass is 10.4. The summed E-state index contributed by atoms with van der Waals surface area (Å²) in [5, 5.41) is 20.3. The van der Waals surface area contributed by atoms with Crippen LogP contribution in [0.4, 0.5) is 0 Å². The van der Waals surface area contributed by atoms with Gasteiger partial charge in [-0.15, -0.1) is 9.47 Å². The lowest BCUT2D eigenvalue weighted by molar-refractivity contribution is 0.104. The van der Waals surface area contributed by atoms with Gasteiger partial charge in [0.05, 0.1) is 24.5 Å². The fourth-order valence-electron chi connectivity index (χ4n) is 1.27. The number of aliphatic hydroxyl groups excluding tert-OH is 1. The summed E-state index contributed by atoms with van der Waals surface area (Å²) in [6, 6.07) is 0. The topological polar surface area (TPSA) is 98.0 Å². The Balaban J connectivity index is 1.53. The average molecular weight is 270 g/mol. The molecule has 0 aliphatic carbocycles. The summed E-state index contributed by atoms with van der Waals surface area (Å²) in [6.45, 7) is 2.07. The zero-order valence-corrected chi connectivity index (χ0v) is 10.5. The second-order valence-electron chi connectivity index (χ2n) is 3.58. The van der Waals surface area contributed by atoms with E-state index in [0.717, 1.165) is 11.7 Å². The van der Waals surface area contributed by atoms with E-state index < -0.39 is 6.10 Å². The first-order valence-electron chi connectivity index (χ1n) is 5.48. The summed E-state index contributed by atoms with van der Waals surface area (Å²) in [4.78, 5) is 0. The molecule has 0 amide bonds. The third-order valence-corrected chi connectivity index (χ3v) is 2.60. The number of nitrogens with one attached hydrogen (secondary N) is 1. The van der Waals surface area contributed by atoms with Crippen LogP contribution >= 0.6 is 11.7 Å². The monoisotopic (exact) mass is 270 g/mol. The van der Waals surface area contributed by atoms with Crippen LogP contribution < -0.4 is 10.1 Å². The molecule has 1 atom stereocenters.